The summed E-state index contributed by atoms with van der Waals surface area (Å²) in [6.45, 7) is 18.9. The first-order valence-corrected chi connectivity index (χ1v) is 25.2. The van der Waals surface area contributed by atoms with Crippen molar-refractivity contribution in [3.63, 3.8) is 0 Å². The molecule has 0 radical (unpaired) electrons. The molecule has 0 saturated carbocycles. The average molecular weight is 1010 g/mol. The van der Waals surface area contributed by atoms with Crippen LogP contribution in [0.3, 0.4) is 0 Å². The van der Waals surface area contributed by atoms with Crippen LogP contribution in [0.1, 0.15) is 110 Å². The molecule has 8 N–H and O–H groups in total. The number of carbonyl (C=O) groups excluding carboxylic acids is 7. The standard InChI is InChI=1S/C55H77N9O9/c1-9-57-30-31-63(10-2)53(71)73-34-39-21-25-43(26-22-39)60-50(68)44(19-15-29-58-52(56)70)61-51(69)49(38(3)4)62-47(66)32-54(5,6)36-72-37-55(7,8)35-59-46(65)27-28-48(67)64-33-42-18-12-11-16-40(42)23-24-41-17-13-14-20-45(41)64/h11-14,16-18,20-22,25-26,38,44,49,57H,9-10,15,19,27-37H2,1-8H3,(H,59,65)(H,60,68)(H,61,69)(H,62,66)(H3,56,58,70)/t44-,49-/m0/s1. The number of fused-ring (bicyclic) bond motifs is 2. The van der Waals surface area contributed by atoms with Gasteiger partial charge < -0.3 is 56.9 Å². The van der Waals surface area contributed by atoms with E-state index in [4.69, 9.17) is 15.2 Å². The van der Waals surface area contributed by atoms with E-state index in [0.29, 0.717) is 56.1 Å². The number of benzene rings is 3. The van der Waals surface area contributed by atoms with Gasteiger partial charge in [0.05, 0.1) is 25.4 Å². The molecule has 2 atom stereocenters. The number of carbonyl (C=O) groups is 7. The SMILES string of the molecule is CCNCCN(CC)C(=O)OCc1ccc(NC(=O)[C@H](CCCNC(N)=O)NC(=O)[C@@H](NC(=O)CC(C)(C)COCC(C)(C)CNC(=O)CCC(=O)N2Cc3ccccc3C#Cc3ccccc32)C(C)C)cc1. The van der Waals surface area contributed by atoms with Crippen LogP contribution in [0.5, 0.6) is 0 Å². The molecule has 3 aromatic carbocycles. The van der Waals surface area contributed by atoms with Crippen molar-refractivity contribution >= 4 is 53.0 Å². The number of hydrogen-bond donors (Lipinski definition) is 7. The van der Waals surface area contributed by atoms with Crippen molar-refractivity contribution < 1.29 is 43.0 Å². The molecule has 0 unspecified atom stereocenters. The van der Waals surface area contributed by atoms with Gasteiger partial charge in [-0.15, -0.1) is 0 Å². The highest BCUT2D eigenvalue weighted by molar-refractivity contribution is 5.99. The second kappa shape index (κ2) is 28.9. The van der Waals surface area contributed by atoms with Crippen LogP contribution < -0.4 is 42.5 Å². The smallest absolute Gasteiger partial charge is 0.410 e. The molecule has 0 bridgehead atoms. The summed E-state index contributed by atoms with van der Waals surface area (Å²) in [5, 5.41) is 17.1. The van der Waals surface area contributed by atoms with Gasteiger partial charge in [0.25, 0.3) is 0 Å². The summed E-state index contributed by atoms with van der Waals surface area (Å²) in [4.78, 5) is 94.9. The number of primary amides is 1. The lowest BCUT2D eigenvalue weighted by atomic mass is 9.89. The van der Waals surface area contributed by atoms with E-state index in [1.54, 1.807) is 47.9 Å². The summed E-state index contributed by atoms with van der Waals surface area (Å²) in [5.74, 6) is 4.18. The molecular formula is C55H77N9O9. The van der Waals surface area contributed by atoms with E-state index in [-0.39, 0.29) is 75.7 Å². The first kappa shape index (κ1) is 58.6. The predicted molar refractivity (Wildman–Crippen MR) is 282 cm³/mol. The Bertz CT molecular complexity index is 2410. The number of ether oxygens (including phenoxy) is 2. The molecule has 0 saturated heterocycles. The van der Waals surface area contributed by atoms with E-state index < -0.39 is 46.9 Å². The molecule has 0 spiro atoms. The van der Waals surface area contributed by atoms with Crippen molar-refractivity contribution in [2.75, 3.05) is 62.7 Å². The Kier molecular flexibility index (Phi) is 23.2. The molecular weight excluding hydrogens is 931 g/mol. The Morgan fingerprint density at radius 1 is 0.781 bits per heavy atom. The fourth-order valence-corrected chi connectivity index (χ4v) is 7.86. The van der Waals surface area contributed by atoms with Crippen LogP contribution in [0.4, 0.5) is 21.0 Å². The van der Waals surface area contributed by atoms with Crippen LogP contribution in [0, 0.1) is 28.6 Å². The summed E-state index contributed by atoms with van der Waals surface area (Å²) in [5.41, 5.74) is 8.51. The number of hydrogen-bond acceptors (Lipinski definition) is 10. The molecule has 1 aliphatic rings. The third-order valence-corrected chi connectivity index (χ3v) is 12.0. The monoisotopic (exact) mass is 1010 g/mol. The Labute approximate surface area is 431 Å². The molecule has 396 valence electrons. The highest BCUT2D eigenvalue weighted by atomic mass is 16.6. The van der Waals surface area contributed by atoms with E-state index >= 15 is 0 Å². The Balaban J connectivity index is 1.25. The van der Waals surface area contributed by atoms with Gasteiger partial charge in [0.15, 0.2) is 0 Å². The van der Waals surface area contributed by atoms with Gasteiger partial charge in [0, 0.05) is 74.2 Å². The van der Waals surface area contributed by atoms with Crippen molar-refractivity contribution in [1.29, 1.82) is 0 Å². The summed E-state index contributed by atoms with van der Waals surface area (Å²) >= 11 is 0. The van der Waals surface area contributed by atoms with Crippen LogP contribution in [0.25, 0.3) is 0 Å². The van der Waals surface area contributed by atoms with Gasteiger partial charge in [-0.2, -0.15) is 0 Å². The first-order valence-electron chi connectivity index (χ1n) is 25.2. The number of urea groups is 1. The lowest BCUT2D eigenvalue weighted by Crippen LogP contribution is -2.55. The largest absolute Gasteiger partial charge is 0.445 e. The van der Waals surface area contributed by atoms with Gasteiger partial charge in [0.2, 0.25) is 29.5 Å². The summed E-state index contributed by atoms with van der Waals surface area (Å²) in [7, 11) is 0. The van der Waals surface area contributed by atoms with Crippen molar-refractivity contribution in [2.45, 2.75) is 113 Å². The van der Waals surface area contributed by atoms with Crippen molar-refractivity contribution in [3.05, 3.63) is 95.1 Å². The minimum Gasteiger partial charge on any atom is -0.445 e. The van der Waals surface area contributed by atoms with Crippen LogP contribution in [-0.4, -0.2) is 111 Å². The fourth-order valence-electron chi connectivity index (χ4n) is 7.86. The quantitative estimate of drug-likeness (QED) is 0.0352. The van der Waals surface area contributed by atoms with Crippen molar-refractivity contribution in [2.24, 2.45) is 22.5 Å². The van der Waals surface area contributed by atoms with Crippen molar-refractivity contribution in [1.82, 2.24) is 31.5 Å². The molecule has 18 nitrogen and oxygen atoms in total. The predicted octanol–water partition coefficient (Wildman–Crippen LogP) is 5.57. The normalized spacial score (nSPS) is 12.8. The molecule has 73 heavy (non-hydrogen) atoms. The number of nitrogens with one attached hydrogen (secondary N) is 6. The third-order valence-electron chi connectivity index (χ3n) is 12.0. The number of para-hydroxylation sites is 1. The molecule has 1 heterocycles. The minimum atomic E-state index is -1.04. The van der Waals surface area contributed by atoms with E-state index in [1.165, 1.54) is 0 Å². The molecule has 1 aliphatic heterocycles. The van der Waals surface area contributed by atoms with Gasteiger partial charge in [-0.1, -0.05) is 103 Å². The second-order valence-electron chi connectivity index (χ2n) is 20.1. The lowest BCUT2D eigenvalue weighted by molar-refractivity contribution is -0.133. The van der Waals surface area contributed by atoms with E-state index in [9.17, 15) is 33.6 Å². The summed E-state index contributed by atoms with van der Waals surface area (Å²) in [6.07, 6.45) is 0.0902. The lowest BCUT2D eigenvalue weighted by Gasteiger charge is -2.30. The number of rotatable bonds is 28. The van der Waals surface area contributed by atoms with Crippen LogP contribution >= 0.6 is 0 Å². The fraction of sp³-hybridized carbons (Fsp3) is 0.509. The molecule has 18 heteroatoms. The zero-order valence-corrected chi connectivity index (χ0v) is 43.9. The van der Waals surface area contributed by atoms with Crippen molar-refractivity contribution in [3.8, 4) is 11.8 Å². The summed E-state index contributed by atoms with van der Waals surface area (Å²) in [6, 6.07) is 19.3. The molecule has 0 aromatic heterocycles. The van der Waals surface area contributed by atoms with E-state index in [2.05, 4.69) is 43.7 Å². The Morgan fingerprint density at radius 3 is 2.14 bits per heavy atom. The maximum Gasteiger partial charge on any atom is 0.410 e. The number of anilines is 2. The van der Waals surface area contributed by atoms with Gasteiger partial charge >= 0.3 is 12.1 Å². The van der Waals surface area contributed by atoms with Crippen LogP contribution in [0.15, 0.2) is 72.8 Å². The zero-order valence-electron chi connectivity index (χ0n) is 43.9. The first-order chi connectivity index (χ1) is 34.7. The number of amides is 8. The van der Waals surface area contributed by atoms with Gasteiger partial charge in [-0.05, 0) is 79.1 Å². The zero-order chi connectivity index (χ0) is 53.6. The average Bonchev–Trinajstić information content (AvgIpc) is 3.34. The van der Waals surface area contributed by atoms with E-state index in [1.807, 2.05) is 90.1 Å². The maximum absolute atomic E-state index is 13.8. The number of nitrogens with zero attached hydrogens (tertiary/aromatic N) is 2. The van der Waals surface area contributed by atoms with Gasteiger partial charge in [-0.25, -0.2) is 9.59 Å². The highest BCUT2D eigenvalue weighted by Crippen LogP contribution is 2.27. The molecule has 0 fully saturated rings. The van der Waals surface area contributed by atoms with Crippen LogP contribution in [0.2, 0.25) is 0 Å². The molecule has 4 rings (SSSR count). The number of likely N-dealkylation sites (N-methyl/N-ethyl adjacent to an activating group) is 2. The van der Waals surface area contributed by atoms with Crippen LogP contribution in [-0.2, 0) is 46.6 Å². The second-order valence-corrected chi connectivity index (χ2v) is 20.1. The Hall–Kier alpha value is -6.97. The highest BCUT2D eigenvalue weighted by Gasteiger charge is 2.32. The third kappa shape index (κ3) is 20.2. The summed E-state index contributed by atoms with van der Waals surface area (Å²) < 4.78 is 11.6. The topological polar surface area (TPSA) is 243 Å². The molecule has 0 aliphatic carbocycles. The molecule has 3 aromatic rings. The van der Waals surface area contributed by atoms with Gasteiger partial charge in [-0.3, -0.25) is 24.0 Å². The van der Waals surface area contributed by atoms with Gasteiger partial charge in [0.1, 0.15) is 18.7 Å². The maximum atomic E-state index is 13.8. The Morgan fingerprint density at radius 2 is 1.45 bits per heavy atom. The van der Waals surface area contributed by atoms with E-state index in [0.717, 1.165) is 23.2 Å². The molecule has 8 amide bonds. The minimum absolute atomic E-state index is 0.00882. The number of nitrogens with two attached hydrogens (primary N) is 1.